The minimum absolute atomic E-state index is 0. The van der Waals surface area contributed by atoms with Crippen molar-refractivity contribution in [2.24, 2.45) is 4.99 Å². The summed E-state index contributed by atoms with van der Waals surface area (Å²) in [5.41, 5.74) is 0.948. The number of hydrogen-bond donors (Lipinski definition) is 2. The van der Waals surface area contributed by atoms with Gasteiger partial charge in [-0.3, -0.25) is 9.56 Å². The third kappa shape index (κ3) is 5.87. The average Bonchev–Trinajstić information content (AvgIpc) is 2.98. The number of halogens is 3. The first-order chi connectivity index (χ1) is 13.1. The smallest absolute Gasteiger partial charge is 0.345 e. The van der Waals surface area contributed by atoms with Crippen molar-refractivity contribution >= 4 is 53.1 Å². The lowest BCUT2D eigenvalue weighted by atomic mass is 10.2. The topological polar surface area (TPSA) is 76.2 Å². The van der Waals surface area contributed by atoms with Gasteiger partial charge in [0.05, 0.1) is 0 Å². The van der Waals surface area contributed by atoms with E-state index in [1.54, 1.807) is 22.4 Å². The van der Waals surface area contributed by atoms with E-state index in [0.29, 0.717) is 35.6 Å². The monoisotopic (exact) mass is 538 g/mol. The van der Waals surface area contributed by atoms with Gasteiger partial charge in [0, 0.05) is 49.7 Å². The summed E-state index contributed by atoms with van der Waals surface area (Å²) >= 11 is 12.1. The van der Waals surface area contributed by atoms with E-state index in [1.165, 1.54) is 0 Å². The molecule has 0 aliphatic carbocycles. The number of hydrogen-bond acceptors (Lipinski definition) is 3. The van der Waals surface area contributed by atoms with E-state index < -0.39 is 0 Å². The minimum Gasteiger partial charge on any atom is -0.356 e. The van der Waals surface area contributed by atoms with Gasteiger partial charge in [-0.05, 0) is 37.0 Å². The zero-order valence-corrected chi connectivity index (χ0v) is 19.6. The Kier molecular flexibility index (Phi) is 9.10. The molecule has 1 aromatic heterocycles. The Morgan fingerprint density at radius 2 is 2.11 bits per heavy atom. The Hall–Kier alpha value is -1.26. The number of nitrogens with zero attached hydrogens (tertiary/aromatic N) is 4. The van der Waals surface area contributed by atoms with Gasteiger partial charge in [-0.2, -0.15) is 5.10 Å². The van der Waals surface area contributed by atoms with E-state index in [4.69, 9.17) is 23.2 Å². The molecular weight excluding hydrogens is 514 g/mol. The molecule has 3 rings (SSSR count). The van der Waals surface area contributed by atoms with Crippen LogP contribution in [0.1, 0.15) is 30.7 Å². The summed E-state index contributed by atoms with van der Waals surface area (Å²) in [6, 6.07) is 5.42. The Morgan fingerprint density at radius 3 is 2.82 bits per heavy atom. The fourth-order valence-corrected chi connectivity index (χ4v) is 3.57. The molecule has 0 saturated heterocycles. The molecule has 2 aromatic rings. The van der Waals surface area contributed by atoms with Gasteiger partial charge in [0.15, 0.2) is 5.96 Å². The number of guanidine groups is 1. The first kappa shape index (κ1) is 23.0. The molecule has 28 heavy (non-hydrogen) atoms. The van der Waals surface area contributed by atoms with Crippen molar-refractivity contribution in [2.45, 2.75) is 45.3 Å². The van der Waals surface area contributed by atoms with E-state index in [9.17, 15) is 4.79 Å². The van der Waals surface area contributed by atoms with Gasteiger partial charge >= 0.3 is 5.69 Å². The van der Waals surface area contributed by atoms with Crippen LogP contribution in [0.4, 0.5) is 0 Å². The van der Waals surface area contributed by atoms with E-state index in [-0.39, 0.29) is 29.7 Å². The Bertz CT molecular complexity index is 879. The van der Waals surface area contributed by atoms with Gasteiger partial charge in [-0.25, -0.2) is 9.48 Å². The molecule has 0 radical (unpaired) electrons. The average molecular weight is 539 g/mol. The van der Waals surface area contributed by atoms with Gasteiger partial charge < -0.3 is 10.6 Å². The lowest BCUT2D eigenvalue weighted by Crippen LogP contribution is -2.38. The number of rotatable bonds is 6. The molecule has 10 heteroatoms. The third-order valence-electron chi connectivity index (χ3n) is 4.56. The number of aliphatic imine (C=N–C) groups is 1. The molecule has 1 aromatic carbocycles. The zero-order valence-electron chi connectivity index (χ0n) is 15.8. The molecule has 7 nitrogen and oxygen atoms in total. The molecular formula is C18H25Cl2IN6O. The van der Waals surface area contributed by atoms with Crippen LogP contribution in [0.2, 0.25) is 10.0 Å². The number of nitrogens with one attached hydrogen (secondary N) is 2. The number of aromatic nitrogens is 3. The second kappa shape index (κ2) is 11.1. The highest BCUT2D eigenvalue weighted by Crippen LogP contribution is 2.20. The van der Waals surface area contributed by atoms with Crippen molar-refractivity contribution in [1.82, 2.24) is 25.0 Å². The van der Waals surface area contributed by atoms with Crippen molar-refractivity contribution in [2.75, 3.05) is 13.6 Å². The number of aryl methyl sites for hydroxylation is 2. The van der Waals surface area contributed by atoms with Crippen LogP contribution in [0.15, 0.2) is 28.0 Å². The number of benzene rings is 1. The van der Waals surface area contributed by atoms with Crippen LogP contribution in [0.3, 0.4) is 0 Å². The third-order valence-corrected chi connectivity index (χ3v) is 5.14. The standard InChI is InChI=1S/C18H24Cl2N6O.HI/c1-21-17(23-12-13-6-7-14(19)11-15(13)20)22-8-4-10-26-18(27)25-9-3-2-5-16(25)24-26;/h6-7,11H,2-5,8-10,12H2,1H3,(H2,21,22,23);1H. The van der Waals surface area contributed by atoms with Crippen LogP contribution in [0, 0.1) is 0 Å². The van der Waals surface area contributed by atoms with Crippen LogP contribution < -0.4 is 16.3 Å². The summed E-state index contributed by atoms with van der Waals surface area (Å²) < 4.78 is 3.37. The molecule has 154 valence electrons. The van der Waals surface area contributed by atoms with Crippen molar-refractivity contribution < 1.29 is 0 Å². The maximum Gasteiger partial charge on any atom is 0.345 e. The Morgan fingerprint density at radius 1 is 1.29 bits per heavy atom. The van der Waals surface area contributed by atoms with Crippen molar-refractivity contribution in [3.63, 3.8) is 0 Å². The normalized spacial score (nSPS) is 13.6. The fourth-order valence-electron chi connectivity index (χ4n) is 3.09. The van der Waals surface area contributed by atoms with Crippen molar-refractivity contribution in [3.8, 4) is 0 Å². The second-order valence-electron chi connectivity index (χ2n) is 6.47. The van der Waals surface area contributed by atoms with E-state index in [0.717, 1.165) is 43.6 Å². The van der Waals surface area contributed by atoms with Crippen molar-refractivity contribution in [1.29, 1.82) is 0 Å². The highest BCUT2D eigenvalue weighted by atomic mass is 127. The lowest BCUT2D eigenvalue weighted by Gasteiger charge is -2.12. The highest BCUT2D eigenvalue weighted by molar-refractivity contribution is 14.0. The van der Waals surface area contributed by atoms with Gasteiger partial charge in [0.2, 0.25) is 0 Å². The SMILES string of the molecule is CN=C(NCCCn1nc2n(c1=O)CCCC2)NCc1ccc(Cl)cc1Cl.I. The largest absolute Gasteiger partial charge is 0.356 e. The van der Waals surface area contributed by atoms with Crippen LogP contribution in [-0.4, -0.2) is 33.9 Å². The zero-order chi connectivity index (χ0) is 19.2. The molecule has 1 aliphatic rings. The lowest BCUT2D eigenvalue weighted by molar-refractivity contribution is 0.509. The fraction of sp³-hybridized carbons (Fsp3) is 0.500. The molecule has 2 heterocycles. The van der Waals surface area contributed by atoms with Crippen molar-refractivity contribution in [3.05, 3.63) is 50.1 Å². The molecule has 1 aliphatic heterocycles. The van der Waals surface area contributed by atoms with Crippen LogP contribution in [0.25, 0.3) is 0 Å². The van der Waals surface area contributed by atoms with E-state index >= 15 is 0 Å². The van der Waals surface area contributed by atoms with Gasteiger partial charge in [-0.1, -0.05) is 29.3 Å². The molecule has 0 atom stereocenters. The maximum absolute atomic E-state index is 12.3. The van der Waals surface area contributed by atoms with Gasteiger partial charge in [0.1, 0.15) is 5.82 Å². The molecule has 0 fully saturated rings. The minimum atomic E-state index is 0. The summed E-state index contributed by atoms with van der Waals surface area (Å²) in [6.45, 7) is 2.60. The maximum atomic E-state index is 12.3. The summed E-state index contributed by atoms with van der Waals surface area (Å²) in [5, 5.41) is 12.1. The number of fused-ring (bicyclic) bond motifs is 1. The molecule has 0 saturated carbocycles. The van der Waals surface area contributed by atoms with Gasteiger partial charge in [0.25, 0.3) is 0 Å². The van der Waals surface area contributed by atoms with Crippen LogP contribution >= 0.6 is 47.2 Å². The van der Waals surface area contributed by atoms with Gasteiger partial charge in [-0.15, -0.1) is 24.0 Å². The van der Waals surface area contributed by atoms with E-state index in [2.05, 4.69) is 20.7 Å². The predicted molar refractivity (Wildman–Crippen MR) is 124 cm³/mol. The van der Waals surface area contributed by atoms with E-state index in [1.807, 2.05) is 12.1 Å². The molecule has 0 amide bonds. The summed E-state index contributed by atoms with van der Waals surface area (Å²) in [6.07, 6.45) is 3.83. The Labute approximate surface area is 191 Å². The molecule has 0 bridgehead atoms. The molecule has 2 N–H and O–H groups in total. The van der Waals surface area contributed by atoms with Crippen LogP contribution in [-0.2, 0) is 26.1 Å². The first-order valence-electron chi connectivity index (χ1n) is 9.13. The molecule has 0 spiro atoms. The quantitative estimate of drug-likeness (QED) is 0.256. The molecule has 0 unspecified atom stereocenters. The predicted octanol–water partition coefficient (Wildman–Crippen LogP) is 3.06. The summed E-state index contributed by atoms with van der Waals surface area (Å²) in [7, 11) is 1.72. The second-order valence-corrected chi connectivity index (χ2v) is 7.32. The summed E-state index contributed by atoms with van der Waals surface area (Å²) in [4.78, 5) is 16.5. The highest BCUT2D eigenvalue weighted by Gasteiger charge is 2.16. The van der Waals surface area contributed by atoms with Crippen LogP contribution in [0.5, 0.6) is 0 Å². The summed E-state index contributed by atoms with van der Waals surface area (Å²) in [5.74, 6) is 1.59. The first-order valence-corrected chi connectivity index (χ1v) is 9.89. The Balaban J connectivity index is 0.00000280.